The molecule has 1 fully saturated rings. The smallest absolute Gasteiger partial charge is 0.394 e. The van der Waals surface area contributed by atoms with Crippen molar-refractivity contribution in [1.29, 1.82) is 0 Å². The third kappa shape index (κ3) is 2.89. The average Bonchev–Trinajstić information content (AvgIpc) is 2.99. The number of aliphatic carboxylic acids is 1. The number of carboxylic acid groups (broad SMARTS) is 1. The number of aromatic nitrogens is 2. The molecule has 1 aliphatic heterocycles. The van der Waals surface area contributed by atoms with Crippen LogP contribution in [0.2, 0.25) is 0 Å². The minimum absolute atomic E-state index is 0.110. The first-order valence-electron chi connectivity index (χ1n) is 7.08. The second-order valence-electron chi connectivity index (χ2n) is 5.55. The first-order valence-corrected chi connectivity index (χ1v) is 7.08. The highest BCUT2D eigenvalue weighted by Gasteiger charge is 2.53. The van der Waals surface area contributed by atoms with Crippen LogP contribution in [0.5, 0.6) is 0 Å². The first-order chi connectivity index (χ1) is 11.3. The normalized spacial score (nSPS) is 21.2. The van der Waals surface area contributed by atoms with Crippen LogP contribution in [0, 0.1) is 11.8 Å². The van der Waals surface area contributed by atoms with Gasteiger partial charge in [-0.2, -0.15) is 13.2 Å². The fraction of sp³-hybridized carbons (Fsp3) is 0.333. The summed E-state index contributed by atoms with van der Waals surface area (Å²) in [5.41, 5.74) is 0.873. The number of nitrogens with zero attached hydrogens (tertiary/aromatic N) is 3. The Hall–Kier alpha value is -2.71. The van der Waals surface area contributed by atoms with Crippen molar-refractivity contribution >= 4 is 22.9 Å². The van der Waals surface area contributed by atoms with Gasteiger partial charge < -0.3 is 10.0 Å². The van der Waals surface area contributed by atoms with Gasteiger partial charge >= 0.3 is 12.1 Å². The topological polar surface area (TPSA) is 83.4 Å². The first kappa shape index (κ1) is 16.2. The van der Waals surface area contributed by atoms with Gasteiger partial charge in [-0.25, -0.2) is 4.98 Å². The molecule has 1 amide bonds. The van der Waals surface area contributed by atoms with Gasteiger partial charge in [-0.3, -0.25) is 14.6 Å². The molecule has 126 valence electrons. The van der Waals surface area contributed by atoms with Crippen LogP contribution in [0.3, 0.4) is 0 Å². The van der Waals surface area contributed by atoms with Crippen molar-refractivity contribution in [3.05, 3.63) is 36.2 Å². The summed E-state index contributed by atoms with van der Waals surface area (Å²) in [6.07, 6.45) is -3.51. The van der Waals surface area contributed by atoms with Gasteiger partial charge in [-0.1, -0.05) is 12.1 Å². The number of likely N-dealkylation sites (tertiary alicyclic amines) is 1. The van der Waals surface area contributed by atoms with E-state index in [2.05, 4.69) is 9.97 Å². The quantitative estimate of drug-likeness (QED) is 0.904. The fourth-order valence-electron chi connectivity index (χ4n) is 2.77. The van der Waals surface area contributed by atoms with Gasteiger partial charge in [0.25, 0.3) is 5.91 Å². The zero-order valence-corrected chi connectivity index (χ0v) is 12.2. The molecule has 1 saturated heterocycles. The van der Waals surface area contributed by atoms with E-state index < -0.39 is 43.0 Å². The number of alkyl halides is 3. The average molecular weight is 339 g/mol. The van der Waals surface area contributed by atoms with Crippen LogP contribution in [0.1, 0.15) is 10.5 Å². The number of carbonyl (C=O) groups is 2. The zero-order valence-electron chi connectivity index (χ0n) is 12.2. The molecule has 0 unspecified atom stereocenters. The molecule has 1 aliphatic rings. The fourth-order valence-corrected chi connectivity index (χ4v) is 2.77. The molecule has 0 spiro atoms. The van der Waals surface area contributed by atoms with Crippen LogP contribution in [-0.2, 0) is 4.79 Å². The van der Waals surface area contributed by atoms with Crippen molar-refractivity contribution in [3.8, 4) is 0 Å². The van der Waals surface area contributed by atoms with Gasteiger partial charge in [0.1, 0.15) is 5.69 Å². The van der Waals surface area contributed by atoms with Gasteiger partial charge in [-0.05, 0) is 12.1 Å². The highest BCUT2D eigenvalue weighted by Crippen LogP contribution is 2.38. The molecule has 0 aliphatic carbocycles. The van der Waals surface area contributed by atoms with E-state index in [1.807, 2.05) is 0 Å². The molecule has 0 saturated carbocycles. The molecule has 1 aromatic heterocycles. The van der Waals surface area contributed by atoms with E-state index >= 15 is 0 Å². The van der Waals surface area contributed by atoms with E-state index in [-0.39, 0.29) is 5.69 Å². The molecule has 0 bridgehead atoms. The summed E-state index contributed by atoms with van der Waals surface area (Å²) in [5, 5.41) is 8.99. The summed E-state index contributed by atoms with van der Waals surface area (Å²) in [6.45, 7) is -1.21. The molecule has 2 heterocycles. The van der Waals surface area contributed by atoms with E-state index in [1.54, 1.807) is 24.3 Å². The van der Waals surface area contributed by atoms with Crippen LogP contribution in [0.4, 0.5) is 13.2 Å². The monoisotopic (exact) mass is 339 g/mol. The minimum Gasteiger partial charge on any atom is -0.481 e. The molecule has 1 N–H and O–H groups in total. The Bertz CT molecular complexity index is 809. The maximum Gasteiger partial charge on any atom is 0.394 e. The van der Waals surface area contributed by atoms with E-state index in [0.29, 0.717) is 11.0 Å². The van der Waals surface area contributed by atoms with Gasteiger partial charge in [-0.15, -0.1) is 0 Å². The molecular formula is C15H12F3N3O3. The second kappa shape index (κ2) is 5.73. The number of para-hydroxylation sites is 2. The SMILES string of the molecule is O=C(O)[C@@H]1CN(C(=O)c2cnc3ccccc3n2)C[C@H]1C(F)(F)F. The summed E-state index contributed by atoms with van der Waals surface area (Å²) >= 11 is 0. The predicted octanol–water partition coefficient (Wildman–Crippen LogP) is 1.96. The molecule has 6 nitrogen and oxygen atoms in total. The minimum atomic E-state index is -4.69. The molecule has 24 heavy (non-hydrogen) atoms. The Morgan fingerprint density at radius 3 is 2.42 bits per heavy atom. The van der Waals surface area contributed by atoms with Crippen LogP contribution in [0.15, 0.2) is 30.5 Å². The molecule has 3 rings (SSSR count). The van der Waals surface area contributed by atoms with Gasteiger partial charge in [0.2, 0.25) is 0 Å². The Morgan fingerprint density at radius 1 is 1.17 bits per heavy atom. The van der Waals surface area contributed by atoms with E-state index in [4.69, 9.17) is 5.11 Å². The van der Waals surface area contributed by atoms with Gasteiger partial charge in [0.05, 0.1) is 29.1 Å². The lowest BCUT2D eigenvalue weighted by atomic mass is 9.96. The second-order valence-corrected chi connectivity index (χ2v) is 5.55. The molecule has 9 heteroatoms. The molecular weight excluding hydrogens is 327 g/mol. The van der Waals surface area contributed by atoms with Crippen LogP contribution >= 0.6 is 0 Å². The van der Waals surface area contributed by atoms with Crippen molar-refractivity contribution in [3.63, 3.8) is 0 Å². The highest BCUT2D eigenvalue weighted by atomic mass is 19.4. The Balaban J connectivity index is 1.88. The number of benzene rings is 1. The Kier molecular flexibility index (Phi) is 3.86. The van der Waals surface area contributed by atoms with Crippen molar-refractivity contribution in [2.75, 3.05) is 13.1 Å². The summed E-state index contributed by atoms with van der Waals surface area (Å²) in [7, 11) is 0. The Morgan fingerprint density at radius 2 is 1.83 bits per heavy atom. The maximum absolute atomic E-state index is 13.0. The van der Waals surface area contributed by atoms with Crippen LogP contribution in [0.25, 0.3) is 11.0 Å². The van der Waals surface area contributed by atoms with E-state index in [1.165, 1.54) is 6.20 Å². The van der Waals surface area contributed by atoms with Crippen molar-refractivity contribution < 1.29 is 27.9 Å². The summed E-state index contributed by atoms with van der Waals surface area (Å²) in [5.74, 6) is -6.10. The molecule has 1 aromatic carbocycles. The number of rotatable bonds is 2. The van der Waals surface area contributed by atoms with Gasteiger partial charge in [0, 0.05) is 13.1 Å². The number of hydrogen-bond donors (Lipinski definition) is 1. The lowest BCUT2D eigenvalue weighted by Gasteiger charge is -2.18. The van der Waals surface area contributed by atoms with Crippen molar-refractivity contribution in [1.82, 2.24) is 14.9 Å². The number of amides is 1. The number of carboxylic acids is 1. The summed E-state index contributed by atoms with van der Waals surface area (Å²) < 4.78 is 39.0. The number of hydrogen-bond acceptors (Lipinski definition) is 4. The van der Waals surface area contributed by atoms with Crippen molar-refractivity contribution in [2.45, 2.75) is 6.18 Å². The zero-order chi connectivity index (χ0) is 17.5. The van der Waals surface area contributed by atoms with E-state index in [0.717, 1.165) is 4.90 Å². The molecule has 2 atom stereocenters. The largest absolute Gasteiger partial charge is 0.481 e. The van der Waals surface area contributed by atoms with Gasteiger partial charge in [0.15, 0.2) is 0 Å². The standard InChI is InChI=1S/C15H12F3N3O3/c16-15(17,18)9-7-21(6-8(9)14(23)24)13(22)12-5-19-10-3-1-2-4-11(10)20-12/h1-5,8-9H,6-7H2,(H,23,24)/t8-,9-/m1/s1. The van der Waals surface area contributed by atoms with E-state index in [9.17, 15) is 22.8 Å². The third-order valence-electron chi connectivity index (χ3n) is 4.01. The number of fused-ring (bicyclic) bond motifs is 1. The van der Waals surface area contributed by atoms with Crippen LogP contribution < -0.4 is 0 Å². The summed E-state index contributed by atoms with van der Waals surface area (Å²) in [4.78, 5) is 32.5. The maximum atomic E-state index is 13.0. The summed E-state index contributed by atoms with van der Waals surface area (Å²) in [6, 6.07) is 6.75. The lowest BCUT2D eigenvalue weighted by Crippen LogP contribution is -2.34. The predicted molar refractivity (Wildman–Crippen MR) is 76.1 cm³/mol. The highest BCUT2D eigenvalue weighted by molar-refractivity contribution is 5.94. The third-order valence-corrected chi connectivity index (χ3v) is 4.01. The lowest BCUT2D eigenvalue weighted by molar-refractivity contribution is -0.187. The molecule has 0 radical (unpaired) electrons. The van der Waals surface area contributed by atoms with Crippen LogP contribution in [-0.4, -0.2) is 51.1 Å². The Labute approximate surface area is 133 Å². The number of carbonyl (C=O) groups excluding carboxylic acids is 1. The number of halogens is 3. The molecule has 2 aromatic rings. The van der Waals surface area contributed by atoms with Crippen molar-refractivity contribution in [2.24, 2.45) is 11.8 Å².